The number of para-hydroxylation sites is 2. The number of aliphatic imine (C=N–C) groups is 2. The van der Waals surface area contributed by atoms with E-state index in [0.29, 0.717) is 36.6 Å². The number of hydrogen-bond acceptors (Lipinski definition) is 5. The van der Waals surface area contributed by atoms with Crippen molar-refractivity contribution >= 4 is 12.4 Å². The number of ether oxygens (including phenoxy) is 1. The van der Waals surface area contributed by atoms with Gasteiger partial charge in [-0.15, -0.1) is 0 Å². The Morgan fingerprint density at radius 2 is 1.50 bits per heavy atom. The molecule has 126 valence electrons. The first-order valence-corrected chi connectivity index (χ1v) is 7.86. The second-order valence-corrected chi connectivity index (χ2v) is 5.21. The quantitative estimate of drug-likeness (QED) is 0.605. The fraction of sp³-hybridized carbons (Fsp3) is 0.263. The number of aryl methyl sites for hydroxylation is 1. The Morgan fingerprint density at radius 3 is 2.12 bits per heavy atom. The lowest BCUT2D eigenvalue weighted by Gasteiger charge is -2.06. The minimum atomic E-state index is 0.0938. The van der Waals surface area contributed by atoms with Crippen LogP contribution >= 0.6 is 0 Å². The standard InChI is InChI=1S/C19H22N2O3/c1-3-24-17-9-5-8-16(19(17)23)13-21-11-10-20-12-15-7-4-6-14(2)18(15)22/h4-9,12-13,22-23H,3,10-11H2,1-2H3. The Kier molecular flexibility index (Phi) is 6.37. The molecule has 0 aliphatic rings. The maximum atomic E-state index is 10.1. The molecule has 0 aliphatic heterocycles. The molecule has 5 nitrogen and oxygen atoms in total. The van der Waals surface area contributed by atoms with Crippen LogP contribution in [0.25, 0.3) is 0 Å². The van der Waals surface area contributed by atoms with Crippen molar-refractivity contribution in [2.45, 2.75) is 13.8 Å². The van der Waals surface area contributed by atoms with Crippen LogP contribution in [0.15, 0.2) is 46.4 Å². The van der Waals surface area contributed by atoms with Crippen LogP contribution in [-0.2, 0) is 0 Å². The van der Waals surface area contributed by atoms with Crippen LogP contribution in [0, 0.1) is 6.92 Å². The third-order valence-corrected chi connectivity index (χ3v) is 3.42. The van der Waals surface area contributed by atoms with Crippen molar-refractivity contribution < 1.29 is 14.9 Å². The van der Waals surface area contributed by atoms with Crippen molar-refractivity contribution in [1.82, 2.24) is 0 Å². The highest BCUT2D eigenvalue weighted by Gasteiger charge is 2.05. The first-order valence-electron chi connectivity index (χ1n) is 7.86. The number of benzene rings is 2. The van der Waals surface area contributed by atoms with E-state index in [2.05, 4.69) is 9.98 Å². The highest BCUT2D eigenvalue weighted by atomic mass is 16.5. The molecule has 0 heterocycles. The third kappa shape index (κ3) is 4.59. The number of phenols is 2. The second-order valence-electron chi connectivity index (χ2n) is 5.21. The lowest BCUT2D eigenvalue weighted by molar-refractivity contribution is 0.318. The Balaban J connectivity index is 1.90. The van der Waals surface area contributed by atoms with Crippen molar-refractivity contribution in [2.24, 2.45) is 9.98 Å². The molecule has 24 heavy (non-hydrogen) atoms. The number of hydrogen-bond donors (Lipinski definition) is 2. The summed E-state index contributed by atoms with van der Waals surface area (Å²) in [5.74, 6) is 0.799. The lowest BCUT2D eigenvalue weighted by atomic mass is 10.1. The van der Waals surface area contributed by atoms with Crippen LogP contribution in [0.5, 0.6) is 17.2 Å². The van der Waals surface area contributed by atoms with E-state index < -0.39 is 0 Å². The number of phenolic OH excluding ortho intramolecular Hbond substituents is 2. The van der Waals surface area contributed by atoms with Gasteiger partial charge in [0.2, 0.25) is 0 Å². The van der Waals surface area contributed by atoms with Gasteiger partial charge in [0.1, 0.15) is 5.75 Å². The second kappa shape index (κ2) is 8.72. The zero-order valence-electron chi connectivity index (χ0n) is 13.9. The average Bonchev–Trinajstić information content (AvgIpc) is 2.57. The topological polar surface area (TPSA) is 74.4 Å². The van der Waals surface area contributed by atoms with E-state index >= 15 is 0 Å². The van der Waals surface area contributed by atoms with Gasteiger partial charge in [0.25, 0.3) is 0 Å². The summed E-state index contributed by atoms with van der Waals surface area (Å²) in [6.45, 7) is 5.19. The number of rotatable bonds is 7. The van der Waals surface area contributed by atoms with Crippen LogP contribution < -0.4 is 4.74 Å². The van der Waals surface area contributed by atoms with Gasteiger partial charge in [-0.2, -0.15) is 0 Å². The van der Waals surface area contributed by atoms with Crippen molar-refractivity contribution in [3.05, 3.63) is 53.1 Å². The molecule has 5 heteroatoms. The minimum absolute atomic E-state index is 0.0938. The first-order chi connectivity index (χ1) is 11.6. The summed E-state index contributed by atoms with van der Waals surface area (Å²) in [6.07, 6.45) is 3.25. The normalized spacial score (nSPS) is 11.4. The molecule has 0 atom stereocenters. The Hall–Kier alpha value is -2.82. The fourth-order valence-corrected chi connectivity index (χ4v) is 2.14. The van der Waals surface area contributed by atoms with E-state index in [0.717, 1.165) is 5.56 Å². The summed E-state index contributed by atoms with van der Waals surface area (Å²) < 4.78 is 5.33. The summed E-state index contributed by atoms with van der Waals surface area (Å²) in [5.41, 5.74) is 2.13. The number of aromatic hydroxyl groups is 2. The molecule has 2 N–H and O–H groups in total. The van der Waals surface area contributed by atoms with E-state index in [9.17, 15) is 10.2 Å². The summed E-state index contributed by atoms with van der Waals surface area (Å²) >= 11 is 0. The summed E-state index contributed by atoms with van der Waals surface area (Å²) in [5, 5.41) is 19.9. The molecule has 0 aromatic heterocycles. The van der Waals surface area contributed by atoms with Gasteiger partial charge in [0.15, 0.2) is 11.5 Å². The SMILES string of the molecule is CCOc1cccc(C=NCCN=Cc2cccc(C)c2O)c1O. The van der Waals surface area contributed by atoms with Crippen molar-refractivity contribution in [2.75, 3.05) is 19.7 Å². The highest BCUT2D eigenvalue weighted by molar-refractivity contribution is 5.85. The van der Waals surface area contributed by atoms with Gasteiger partial charge in [-0.3, -0.25) is 9.98 Å². The summed E-state index contributed by atoms with van der Waals surface area (Å²) in [7, 11) is 0. The van der Waals surface area contributed by atoms with Gasteiger partial charge in [-0.1, -0.05) is 18.2 Å². The van der Waals surface area contributed by atoms with Crippen LogP contribution in [-0.4, -0.2) is 42.3 Å². The molecule has 0 bridgehead atoms. The monoisotopic (exact) mass is 326 g/mol. The zero-order valence-corrected chi connectivity index (χ0v) is 13.9. The fourth-order valence-electron chi connectivity index (χ4n) is 2.14. The molecular formula is C19H22N2O3. The highest BCUT2D eigenvalue weighted by Crippen LogP contribution is 2.28. The van der Waals surface area contributed by atoms with Crippen LogP contribution in [0.4, 0.5) is 0 Å². The zero-order chi connectivity index (χ0) is 17.4. The molecule has 0 aliphatic carbocycles. The van der Waals surface area contributed by atoms with Gasteiger partial charge >= 0.3 is 0 Å². The smallest absolute Gasteiger partial charge is 0.166 e. The Morgan fingerprint density at radius 1 is 0.917 bits per heavy atom. The Labute approximate surface area is 142 Å². The van der Waals surface area contributed by atoms with Gasteiger partial charge in [-0.25, -0.2) is 0 Å². The van der Waals surface area contributed by atoms with E-state index in [4.69, 9.17) is 4.74 Å². The molecular weight excluding hydrogens is 304 g/mol. The molecule has 0 saturated carbocycles. The van der Waals surface area contributed by atoms with Gasteiger partial charge < -0.3 is 14.9 Å². The van der Waals surface area contributed by atoms with Gasteiger partial charge in [0, 0.05) is 23.6 Å². The van der Waals surface area contributed by atoms with E-state index in [-0.39, 0.29) is 11.5 Å². The third-order valence-electron chi connectivity index (χ3n) is 3.42. The molecule has 0 unspecified atom stereocenters. The maximum absolute atomic E-state index is 10.1. The largest absolute Gasteiger partial charge is 0.507 e. The molecule has 2 rings (SSSR count). The van der Waals surface area contributed by atoms with Crippen molar-refractivity contribution in [3.63, 3.8) is 0 Å². The predicted octanol–water partition coefficient (Wildman–Crippen LogP) is 3.34. The average molecular weight is 326 g/mol. The molecule has 0 amide bonds. The lowest BCUT2D eigenvalue weighted by Crippen LogP contribution is -1.95. The van der Waals surface area contributed by atoms with Gasteiger partial charge in [0.05, 0.1) is 19.7 Å². The van der Waals surface area contributed by atoms with Crippen LogP contribution in [0.3, 0.4) is 0 Å². The first kappa shape index (κ1) is 17.5. The van der Waals surface area contributed by atoms with Crippen molar-refractivity contribution in [1.29, 1.82) is 0 Å². The Bertz CT molecular complexity index is 739. The number of nitrogens with zero attached hydrogens (tertiary/aromatic N) is 2. The molecule has 0 saturated heterocycles. The van der Waals surface area contributed by atoms with Crippen molar-refractivity contribution in [3.8, 4) is 17.2 Å². The summed E-state index contributed by atoms with van der Waals surface area (Å²) in [4.78, 5) is 8.52. The molecule has 0 fully saturated rings. The maximum Gasteiger partial charge on any atom is 0.166 e. The molecule has 2 aromatic carbocycles. The molecule has 0 radical (unpaired) electrons. The minimum Gasteiger partial charge on any atom is -0.507 e. The van der Waals surface area contributed by atoms with Crippen LogP contribution in [0.1, 0.15) is 23.6 Å². The van der Waals surface area contributed by atoms with E-state index in [1.54, 1.807) is 24.6 Å². The van der Waals surface area contributed by atoms with Gasteiger partial charge in [-0.05, 0) is 37.6 Å². The predicted molar refractivity (Wildman–Crippen MR) is 97.0 cm³/mol. The van der Waals surface area contributed by atoms with E-state index in [1.165, 1.54) is 0 Å². The molecule has 2 aromatic rings. The summed E-state index contributed by atoms with van der Waals surface area (Å²) in [6, 6.07) is 10.8. The van der Waals surface area contributed by atoms with E-state index in [1.807, 2.05) is 38.1 Å². The van der Waals surface area contributed by atoms with Crippen LogP contribution in [0.2, 0.25) is 0 Å². The molecule has 0 spiro atoms.